The van der Waals surface area contributed by atoms with E-state index >= 15 is 0 Å². The van der Waals surface area contributed by atoms with Crippen LogP contribution in [0.3, 0.4) is 0 Å². The molecule has 0 rings (SSSR count). The highest BCUT2D eigenvalue weighted by Gasteiger charge is 2.01. The van der Waals surface area contributed by atoms with E-state index in [1.165, 1.54) is 0 Å². The molecule has 0 aliphatic rings. The number of hydrogen-bond donors (Lipinski definition) is 1. The molecule has 3 nitrogen and oxygen atoms in total. The van der Waals surface area contributed by atoms with Crippen molar-refractivity contribution in [3.05, 3.63) is 24.6 Å². The molecule has 68 valence electrons. The molecule has 0 aliphatic heterocycles. The predicted octanol–water partition coefficient (Wildman–Crippen LogP) is 2.81. The lowest BCUT2D eigenvalue weighted by Crippen LogP contribution is -2.16. The molecule has 0 spiro atoms. The van der Waals surface area contributed by atoms with Gasteiger partial charge >= 0.3 is 6.09 Å². The summed E-state index contributed by atoms with van der Waals surface area (Å²) in [6, 6.07) is 0. The molecular weight excluding hydrogens is 154 g/mol. The average molecular weight is 169 g/mol. The molecule has 0 atom stereocenters. The predicted molar refractivity (Wildman–Crippen MR) is 48.7 cm³/mol. The molecule has 0 radical (unpaired) electrons. The molecule has 0 heterocycles. The first kappa shape index (κ1) is 10.8. The zero-order valence-electron chi connectivity index (χ0n) is 7.53. The summed E-state index contributed by atoms with van der Waals surface area (Å²) in [5, 5.41) is 8.65. The summed E-state index contributed by atoms with van der Waals surface area (Å²) in [6.07, 6.45) is 7.42. The van der Waals surface area contributed by atoms with Gasteiger partial charge in [-0.2, -0.15) is 0 Å². The van der Waals surface area contributed by atoms with Crippen LogP contribution < -0.4 is 0 Å². The molecule has 0 saturated heterocycles. The van der Waals surface area contributed by atoms with Gasteiger partial charge in [0.1, 0.15) is 0 Å². The maximum Gasteiger partial charge on any atom is 0.415 e. The molecule has 0 saturated carbocycles. The summed E-state index contributed by atoms with van der Waals surface area (Å²) in [7, 11) is 0. The van der Waals surface area contributed by atoms with Gasteiger partial charge in [-0.15, -0.1) is 0 Å². The summed E-state index contributed by atoms with van der Waals surface area (Å²) in [5.41, 5.74) is 0. The minimum Gasteiger partial charge on any atom is -0.464 e. The first-order valence-corrected chi connectivity index (χ1v) is 4.07. The van der Waals surface area contributed by atoms with Crippen molar-refractivity contribution in [1.82, 2.24) is 4.90 Å². The molecule has 0 bridgehead atoms. The Kier molecular flexibility index (Phi) is 5.79. The van der Waals surface area contributed by atoms with E-state index in [0.717, 1.165) is 17.7 Å². The van der Waals surface area contributed by atoms with Gasteiger partial charge in [0.25, 0.3) is 0 Å². The van der Waals surface area contributed by atoms with Gasteiger partial charge in [-0.25, -0.2) is 4.79 Å². The summed E-state index contributed by atoms with van der Waals surface area (Å²) >= 11 is 0. The highest BCUT2D eigenvalue weighted by molar-refractivity contribution is 5.67. The van der Waals surface area contributed by atoms with Crippen molar-refractivity contribution >= 4 is 6.09 Å². The van der Waals surface area contributed by atoms with Gasteiger partial charge in [-0.3, -0.25) is 4.90 Å². The number of amides is 1. The van der Waals surface area contributed by atoms with Gasteiger partial charge in [0.2, 0.25) is 0 Å². The van der Waals surface area contributed by atoms with Crippen LogP contribution in [-0.2, 0) is 0 Å². The Morgan fingerprint density at radius 1 is 1.25 bits per heavy atom. The largest absolute Gasteiger partial charge is 0.464 e. The Labute approximate surface area is 73.0 Å². The normalized spacial score (nSPS) is 11.2. The van der Waals surface area contributed by atoms with Crippen molar-refractivity contribution in [2.75, 3.05) is 0 Å². The van der Waals surface area contributed by atoms with Crippen molar-refractivity contribution in [1.29, 1.82) is 0 Å². The average Bonchev–Trinajstić information content (AvgIpc) is 2.04. The molecule has 0 aliphatic carbocycles. The van der Waals surface area contributed by atoms with E-state index in [4.69, 9.17) is 5.11 Å². The Balaban J connectivity index is 4.13. The maximum atomic E-state index is 10.5. The van der Waals surface area contributed by atoms with E-state index in [-0.39, 0.29) is 0 Å². The Morgan fingerprint density at radius 2 is 1.67 bits per heavy atom. The van der Waals surface area contributed by atoms with Crippen LogP contribution >= 0.6 is 0 Å². The zero-order valence-corrected chi connectivity index (χ0v) is 7.53. The third kappa shape index (κ3) is 4.55. The quantitative estimate of drug-likeness (QED) is 0.703. The second kappa shape index (κ2) is 6.46. The van der Waals surface area contributed by atoms with Gasteiger partial charge in [-0.1, -0.05) is 26.0 Å². The van der Waals surface area contributed by atoms with Crippen LogP contribution in [0.25, 0.3) is 0 Å². The van der Waals surface area contributed by atoms with Crippen molar-refractivity contribution in [2.24, 2.45) is 0 Å². The summed E-state index contributed by atoms with van der Waals surface area (Å²) < 4.78 is 0. The minimum atomic E-state index is -0.954. The topological polar surface area (TPSA) is 40.5 Å². The highest BCUT2D eigenvalue weighted by atomic mass is 16.4. The highest BCUT2D eigenvalue weighted by Crippen LogP contribution is 1.95. The lowest BCUT2D eigenvalue weighted by molar-refractivity contribution is 0.175. The molecule has 0 fully saturated rings. The second-order valence-electron chi connectivity index (χ2n) is 2.28. The van der Waals surface area contributed by atoms with E-state index in [2.05, 4.69) is 0 Å². The molecule has 0 aromatic carbocycles. The van der Waals surface area contributed by atoms with Crippen molar-refractivity contribution in [3.8, 4) is 0 Å². The number of allylic oxidation sites excluding steroid dienone is 2. The van der Waals surface area contributed by atoms with E-state index in [9.17, 15) is 4.79 Å². The van der Waals surface area contributed by atoms with Crippen LogP contribution in [0.1, 0.15) is 26.7 Å². The van der Waals surface area contributed by atoms with E-state index in [1.807, 2.05) is 13.8 Å². The lowest BCUT2D eigenvalue weighted by atomic mass is 10.4. The third-order valence-electron chi connectivity index (χ3n) is 1.22. The fourth-order valence-corrected chi connectivity index (χ4v) is 0.615. The van der Waals surface area contributed by atoms with Crippen molar-refractivity contribution in [3.63, 3.8) is 0 Å². The smallest absolute Gasteiger partial charge is 0.415 e. The van der Waals surface area contributed by atoms with Crippen LogP contribution in [0.15, 0.2) is 24.6 Å². The number of hydrogen-bond acceptors (Lipinski definition) is 1. The van der Waals surface area contributed by atoms with Gasteiger partial charge in [0.15, 0.2) is 0 Å². The van der Waals surface area contributed by atoms with Crippen molar-refractivity contribution in [2.45, 2.75) is 26.7 Å². The Hall–Kier alpha value is -1.25. The first-order valence-electron chi connectivity index (χ1n) is 4.07. The molecule has 3 heteroatoms. The maximum absolute atomic E-state index is 10.5. The van der Waals surface area contributed by atoms with E-state index in [1.54, 1.807) is 24.6 Å². The number of nitrogens with zero attached hydrogens (tertiary/aromatic N) is 1. The van der Waals surface area contributed by atoms with Crippen LogP contribution in [0.4, 0.5) is 4.79 Å². The summed E-state index contributed by atoms with van der Waals surface area (Å²) in [5.74, 6) is 0. The van der Waals surface area contributed by atoms with E-state index < -0.39 is 6.09 Å². The van der Waals surface area contributed by atoms with Gasteiger partial charge in [-0.05, 0) is 12.8 Å². The number of carbonyl (C=O) groups is 1. The molecular formula is C9H15NO2. The van der Waals surface area contributed by atoms with Gasteiger partial charge in [0.05, 0.1) is 0 Å². The van der Waals surface area contributed by atoms with Gasteiger partial charge < -0.3 is 5.11 Å². The fourth-order valence-electron chi connectivity index (χ4n) is 0.615. The van der Waals surface area contributed by atoms with Gasteiger partial charge in [0, 0.05) is 12.4 Å². The van der Waals surface area contributed by atoms with Crippen LogP contribution in [0.2, 0.25) is 0 Å². The lowest BCUT2D eigenvalue weighted by Gasteiger charge is -2.06. The van der Waals surface area contributed by atoms with Crippen LogP contribution in [0.5, 0.6) is 0 Å². The molecule has 0 aromatic rings. The van der Waals surface area contributed by atoms with Crippen LogP contribution in [0, 0.1) is 0 Å². The minimum absolute atomic E-state index is 0.837. The Bertz CT molecular complexity index is 171. The second-order valence-corrected chi connectivity index (χ2v) is 2.28. The molecule has 1 amide bonds. The number of rotatable bonds is 4. The molecule has 0 unspecified atom stereocenters. The SMILES string of the molecule is CC/C=C/N(/C=C/CC)C(=O)O. The Morgan fingerprint density at radius 3 is 1.92 bits per heavy atom. The van der Waals surface area contributed by atoms with Crippen LogP contribution in [-0.4, -0.2) is 16.1 Å². The number of carboxylic acid groups (broad SMARTS) is 1. The molecule has 1 N–H and O–H groups in total. The molecule has 12 heavy (non-hydrogen) atoms. The summed E-state index contributed by atoms with van der Waals surface area (Å²) in [4.78, 5) is 11.7. The molecule has 0 aromatic heterocycles. The zero-order chi connectivity index (χ0) is 9.40. The monoisotopic (exact) mass is 169 g/mol. The summed E-state index contributed by atoms with van der Waals surface area (Å²) in [6.45, 7) is 3.92. The fraction of sp³-hybridized carbons (Fsp3) is 0.444. The van der Waals surface area contributed by atoms with E-state index in [0.29, 0.717) is 0 Å². The standard InChI is InChI=1S/C9H15NO2/c1-3-5-7-10(9(11)12)8-6-4-2/h5-8H,3-4H2,1-2H3,(H,11,12)/b7-5+,8-6+. The van der Waals surface area contributed by atoms with Crippen molar-refractivity contribution < 1.29 is 9.90 Å². The first-order chi connectivity index (χ1) is 5.72. The third-order valence-corrected chi connectivity index (χ3v) is 1.22.